The molecule has 48 heavy (non-hydrogen) atoms. The molecule has 9 rings (SSSR count). The van der Waals surface area contributed by atoms with Crippen LogP contribution in [0.15, 0.2) is 164 Å². The first-order chi connectivity index (χ1) is 23.4. The van der Waals surface area contributed by atoms with Gasteiger partial charge in [0.05, 0.1) is 0 Å². The number of hydrogen-bond acceptors (Lipinski definition) is 0. The lowest BCUT2D eigenvalue weighted by atomic mass is 9.74. The quantitative estimate of drug-likeness (QED) is 0.174. The van der Waals surface area contributed by atoms with Gasteiger partial charge in [-0.2, -0.15) is 0 Å². The summed E-state index contributed by atoms with van der Waals surface area (Å²) < 4.78 is 0. The number of rotatable bonds is 3. The van der Waals surface area contributed by atoms with Crippen molar-refractivity contribution in [3.05, 3.63) is 169 Å². The molecule has 9 aromatic carbocycles. The van der Waals surface area contributed by atoms with Crippen molar-refractivity contribution >= 4 is 53.9 Å². The fourth-order valence-corrected chi connectivity index (χ4v) is 7.95. The fourth-order valence-electron chi connectivity index (χ4n) is 7.95. The van der Waals surface area contributed by atoms with Crippen LogP contribution < -0.4 is 0 Å². The van der Waals surface area contributed by atoms with Gasteiger partial charge in [0.2, 0.25) is 0 Å². The SMILES string of the molecule is CC(C)(C)c1c(-c2ccc3ccccc3c2)ccc2c(-c3ccc4ccccc4c3)c3ccccc3c(-c3ccc4ccccc4c3)c12. The monoisotopic (exact) mass is 612 g/mol. The van der Waals surface area contributed by atoms with E-state index in [0.717, 1.165) is 0 Å². The van der Waals surface area contributed by atoms with Crippen LogP contribution in [0, 0.1) is 0 Å². The Morgan fingerprint density at radius 1 is 0.333 bits per heavy atom. The molecule has 0 spiro atoms. The molecule has 0 aliphatic carbocycles. The predicted octanol–water partition coefficient (Wildman–Crippen LogP) is 13.8. The van der Waals surface area contributed by atoms with Crippen LogP contribution in [0.4, 0.5) is 0 Å². The molecular weight excluding hydrogens is 577 g/mol. The lowest BCUT2D eigenvalue weighted by Gasteiger charge is -2.29. The van der Waals surface area contributed by atoms with E-state index in [-0.39, 0.29) is 5.41 Å². The summed E-state index contributed by atoms with van der Waals surface area (Å²) in [5.74, 6) is 0. The number of hydrogen-bond donors (Lipinski definition) is 0. The third kappa shape index (κ3) is 4.60. The summed E-state index contributed by atoms with van der Waals surface area (Å²) in [6.45, 7) is 7.13. The summed E-state index contributed by atoms with van der Waals surface area (Å²) in [7, 11) is 0. The second kappa shape index (κ2) is 10.9. The predicted molar refractivity (Wildman–Crippen MR) is 209 cm³/mol. The molecule has 228 valence electrons. The van der Waals surface area contributed by atoms with Crippen molar-refractivity contribution in [1.82, 2.24) is 0 Å². The molecule has 0 atom stereocenters. The van der Waals surface area contributed by atoms with Gasteiger partial charge in [-0.15, -0.1) is 0 Å². The van der Waals surface area contributed by atoms with Gasteiger partial charge in [0.1, 0.15) is 0 Å². The van der Waals surface area contributed by atoms with Crippen LogP contribution in [0.1, 0.15) is 26.3 Å². The third-order valence-electron chi connectivity index (χ3n) is 10.1. The van der Waals surface area contributed by atoms with Gasteiger partial charge < -0.3 is 0 Å². The molecule has 0 nitrogen and oxygen atoms in total. The number of fused-ring (bicyclic) bond motifs is 5. The smallest absolute Gasteiger partial charge is 0.00229 e. The van der Waals surface area contributed by atoms with Crippen LogP contribution in [-0.4, -0.2) is 0 Å². The fraction of sp³-hybridized carbons (Fsp3) is 0.0833. The van der Waals surface area contributed by atoms with E-state index < -0.39 is 0 Å². The first kappa shape index (κ1) is 28.5. The van der Waals surface area contributed by atoms with Gasteiger partial charge in [0, 0.05) is 0 Å². The zero-order chi connectivity index (χ0) is 32.4. The molecular formula is C48H36. The molecule has 0 unspecified atom stereocenters. The van der Waals surface area contributed by atoms with Crippen molar-refractivity contribution in [2.24, 2.45) is 0 Å². The van der Waals surface area contributed by atoms with Gasteiger partial charge in [0.15, 0.2) is 0 Å². The Balaban J connectivity index is 1.48. The molecule has 0 N–H and O–H groups in total. The molecule has 0 bridgehead atoms. The summed E-state index contributed by atoms with van der Waals surface area (Å²) in [6.07, 6.45) is 0. The largest absolute Gasteiger partial charge is 0.0616 e. The molecule has 0 fully saturated rings. The second-order valence-electron chi connectivity index (χ2n) is 14.1. The average molecular weight is 613 g/mol. The van der Waals surface area contributed by atoms with E-state index >= 15 is 0 Å². The van der Waals surface area contributed by atoms with E-state index in [1.807, 2.05) is 0 Å². The van der Waals surface area contributed by atoms with E-state index in [1.165, 1.54) is 92.8 Å². The summed E-state index contributed by atoms with van der Waals surface area (Å²) in [5.41, 5.74) is 8.89. The normalized spacial score (nSPS) is 12.1. The van der Waals surface area contributed by atoms with Gasteiger partial charge >= 0.3 is 0 Å². The van der Waals surface area contributed by atoms with E-state index in [4.69, 9.17) is 0 Å². The Hall–Kier alpha value is -5.72. The topological polar surface area (TPSA) is 0 Å². The Morgan fingerprint density at radius 2 is 0.750 bits per heavy atom. The highest BCUT2D eigenvalue weighted by atomic mass is 14.3. The average Bonchev–Trinajstić information content (AvgIpc) is 3.12. The van der Waals surface area contributed by atoms with Crippen LogP contribution >= 0.6 is 0 Å². The highest BCUT2D eigenvalue weighted by molar-refractivity contribution is 6.24. The van der Waals surface area contributed by atoms with Gasteiger partial charge in [-0.1, -0.05) is 166 Å². The molecule has 0 amide bonds. The Morgan fingerprint density at radius 3 is 1.27 bits per heavy atom. The van der Waals surface area contributed by atoms with E-state index in [1.54, 1.807) is 0 Å². The Labute approximate surface area is 281 Å². The number of benzene rings is 9. The standard InChI is InChI=1S/C48H36/c1-48(2,3)47-40(37-23-20-31-12-4-7-15-34(31)28-37)26-27-43-44(38-24-21-32-13-5-8-16-35(32)29-38)41-18-10-11-19-42(41)45(46(43)47)39-25-22-33-14-6-9-17-36(33)30-39/h4-30H,1-3H3. The van der Waals surface area contributed by atoms with Crippen molar-refractivity contribution < 1.29 is 0 Å². The molecule has 9 aromatic rings. The highest BCUT2D eigenvalue weighted by Crippen LogP contribution is 2.50. The maximum atomic E-state index is 2.40. The molecule has 0 heterocycles. The van der Waals surface area contributed by atoms with Crippen LogP contribution in [0.2, 0.25) is 0 Å². The summed E-state index contributed by atoms with van der Waals surface area (Å²) in [6, 6.07) is 60.8. The molecule has 0 radical (unpaired) electrons. The molecule has 0 aromatic heterocycles. The van der Waals surface area contributed by atoms with Crippen molar-refractivity contribution in [2.45, 2.75) is 26.2 Å². The Kier molecular flexibility index (Phi) is 6.49. The summed E-state index contributed by atoms with van der Waals surface area (Å²) in [4.78, 5) is 0. The van der Waals surface area contributed by atoms with Crippen molar-refractivity contribution in [3.63, 3.8) is 0 Å². The minimum atomic E-state index is -0.144. The van der Waals surface area contributed by atoms with Gasteiger partial charge in [-0.05, 0) is 116 Å². The van der Waals surface area contributed by atoms with E-state index in [0.29, 0.717) is 0 Å². The summed E-state index contributed by atoms with van der Waals surface area (Å²) >= 11 is 0. The molecule has 0 heteroatoms. The first-order valence-electron chi connectivity index (χ1n) is 16.9. The van der Waals surface area contributed by atoms with Crippen molar-refractivity contribution in [3.8, 4) is 33.4 Å². The molecule has 0 saturated carbocycles. The molecule has 0 saturated heterocycles. The highest BCUT2D eigenvalue weighted by Gasteiger charge is 2.27. The Bertz CT molecular complexity index is 2700. The lowest BCUT2D eigenvalue weighted by molar-refractivity contribution is 0.598. The molecule has 0 aliphatic rings. The second-order valence-corrected chi connectivity index (χ2v) is 14.1. The van der Waals surface area contributed by atoms with Gasteiger partial charge in [-0.25, -0.2) is 0 Å². The molecule has 0 aliphatic heterocycles. The van der Waals surface area contributed by atoms with Crippen molar-refractivity contribution in [2.75, 3.05) is 0 Å². The van der Waals surface area contributed by atoms with Crippen LogP contribution in [-0.2, 0) is 5.41 Å². The minimum absolute atomic E-state index is 0.144. The zero-order valence-corrected chi connectivity index (χ0v) is 27.6. The summed E-state index contributed by atoms with van der Waals surface area (Å²) in [5, 5.41) is 12.8. The third-order valence-corrected chi connectivity index (χ3v) is 10.1. The maximum Gasteiger partial charge on any atom is -0.00229 e. The van der Waals surface area contributed by atoms with Crippen LogP contribution in [0.25, 0.3) is 87.2 Å². The lowest BCUT2D eigenvalue weighted by Crippen LogP contribution is -2.14. The zero-order valence-electron chi connectivity index (χ0n) is 27.6. The van der Waals surface area contributed by atoms with Crippen LogP contribution in [0.5, 0.6) is 0 Å². The van der Waals surface area contributed by atoms with Crippen molar-refractivity contribution in [1.29, 1.82) is 0 Å². The minimum Gasteiger partial charge on any atom is -0.0616 e. The van der Waals surface area contributed by atoms with E-state index in [2.05, 4.69) is 185 Å². The maximum absolute atomic E-state index is 2.40. The van der Waals surface area contributed by atoms with Gasteiger partial charge in [-0.3, -0.25) is 0 Å². The van der Waals surface area contributed by atoms with Crippen LogP contribution in [0.3, 0.4) is 0 Å². The first-order valence-corrected chi connectivity index (χ1v) is 16.9. The van der Waals surface area contributed by atoms with Gasteiger partial charge in [0.25, 0.3) is 0 Å². The van der Waals surface area contributed by atoms with E-state index in [9.17, 15) is 0 Å².